The summed E-state index contributed by atoms with van der Waals surface area (Å²) in [6, 6.07) is 19.5. The number of carbonyl (C=O) groups is 3. The molecule has 3 aromatic carbocycles. The summed E-state index contributed by atoms with van der Waals surface area (Å²) in [6.45, 7) is 3.77. The van der Waals surface area contributed by atoms with Gasteiger partial charge in [0.05, 0.1) is 15.6 Å². The number of rotatable bonds is 12. The molecular weight excluding hydrogens is 597 g/mol. The van der Waals surface area contributed by atoms with Gasteiger partial charge in [0, 0.05) is 32.0 Å². The number of hydrogen-bond acceptors (Lipinski definition) is 5. The predicted octanol–water partition coefficient (Wildman–Crippen LogP) is 5.47. The topological polar surface area (TPSA) is 104 Å². The van der Waals surface area contributed by atoms with Crippen LogP contribution in [0.2, 0.25) is 10.0 Å². The molecule has 1 heterocycles. The molecule has 0 unspecified atom stereocenters. The van der Waals surface area contributed by atoms with Crippen LogP contribution in [0.15, 0.2) is 77.7 Å². The molecule has 0 bridgehead atoms. The van der Waals surface area contributed by atoms with E-state index in [-0.39, 0.29) is 60.7 Å². The van der Waals surface area contributed by atoms with Crippen molar-refractivity contribution in [3.63, 3.8) is 0 Å². The second kappa shape index (κ2) is 13.7. The number of nitrogens with one attached hydrogen (secondary N) is 1. The fourth-order valence-electron chi connectivity index (χ4n) is 4.80. The summed E-state index contributed by atoms with van der Waals surface area (Å²) in [4.78, 5) is 41.8. The third-order valence-corrected chi connectivity index (χ3v) is 9.85. The van der Waals surface area contributed by atoms with Crippen molar-refractivity contribution >= 4 is 50.9 Å². The van der Waals surface area contributed by atoms with E-state index in [2.05, 4.69) is 5.32 Å². The van der Waals surface area contributed by atoms with Crippen molar-refractivity contribution in [3.05, 3.63) is 99.5 Å². The van der Waals surface area contributed by atoms with E-state index in [4.69, 9.17) is 23.2 Å². The van der Waals surface area contributed by atoms with Crippen LogP contribution in [0, 0.1) is 0 Å². The van der Waals surface area contributed by atoms with Gasteiger partial charge >= 0.3 is 0 Å². The Morgan fingerprint density at radius 2 is 1.64 bits per heavy atom. The van der Waals surface area contributed by atoms with Crippen LogP contribution in [0.25, 0.3) is 0 Å². The molecule has 0 spiro atoms. The Balaban J connectivity index is 1.59. The second-order valence-electron chi connectivity index (χ2n) is 10.3. The van der Waals surface area contributed by atoms with Crippen LogP contribution >= 0.6 is 23.2 Å². The molecule has 3 amide bonds. The highest BCUT2D eigenvalue weighted by Crippen LogP contribution is 2.30. The van der Waals surface area contributed by atoms with Gasteiger partial charge in [-0.25, -0.2) is 12.7 Å². The minimum Gasteiger partial charge on any atom is -0.352 e. The number of hydrogen-bond donors (Lipinski definition) is 1. The number of fused-ring (bicyclic) bond motifs is 1. The number of sulfonamides is 1. The van der Waals surface area contributed by atoms with E-state index in [9.17, 15) is 22.8 Å². The van der Waals surface area contributed by atoms with Crippen LogP contribution in [0.1, 0.15) is 54.6 Å². The highest BCUT2D eigenvalue weighted by Gasteiger charge is 2.40. The van der Waals surface area contributed by atoms with E-state index < -0.39 is 22.0 Å². The van der Waals surface area contributed by atoms with Crippen LogP contribution < -0.4 is 5.32 Å². The monoisotopic (exact) mass is 629 g/mol. The van der Waals surface area contributed by atoms with Gasteiger partial charge in [-0.1, -0.05) is 78.7 Å². The Hall–Kier alpha value is -3.40. The first-order chi connectivity index (χ1) is 20.0. The fraction of sp³-hybridized carbons (Fsp3) is 0.323. The summed E-state index contributed by atoms with van der Waals surface area (Å²) in [5.41, 5.74) is 1.68. The van der Waals surface area contributed by atoms with Gasteiger partial charge in [-0.05, 0) is 55.2 Å². The zero-order valence-corrected chi connectivity index (χ0v) is 25.8. The first-order valence-corrected chi connectivity index (χ1v) is 16.0. The maximum atomic E-state index is 13.9. The van der Waals surface area contributed by atoms with Crippen molar-refractivity contribution < 1.29 is 22.8 Å². The molecule has 1 N–H and O–H groups in total. The lowest BCUT2D eigenvalue weighted by Crippen LogP contribution is -2.52. The number of benzene rings is 3. The lowest BCUT2D eigenvalue weighted by atomic mass is 10.0. The summed E-state index contributed by atoms with van der Waals surface area (Å²) < 4.78 is 26.8. The first-order valence-electron chi connectivity index (χ1n) is 13.8. The molecular formula is C31H33Cl2N3O5S. The van der Waals surface area contributed by atoms with Crippen LogP contribution in [-0.2, 0) is 32.6 Å². The normalized spacial score (nSPS) is 15.1. The van der Waals surface area contributed by atoms with Gasteiger partial charge in [-0.15, -0.1) is 0 Å². The number of carbonyl (C=O) groups excluding carboxylic acids is 3. The van der Waals surface area contributed by atoms with Crippen LogP contribution in [-0.4, -0.2) is 54.0 Å². The SMILES string of the molecule is CC[C@H](C)NC(=O)[C@@H](Cc1ccccc1)N(Cc1ccc(Cl)c(Cl)c1)C(=O)CCCN1C(=O)c2ccccc2S1(=O)=O. The molecule has 0 radical (unpaired) electrons. The first kappa shape index (κ1) is 31.5. The van der Waals surface area contributed by atoms with Gasteiger partial charge in [0.15, 0.2) is 0 Å². The molecule has 42 heavy (non-hydrogen) atoms. The Bertz CT molecular complexity index is 1570. The highest BCUT2D eigenvalue weighted by molar-refractivity contribution is 7.90. The molecule has 1 aliphatic rings. The van der Waals surface area contributed by atoms with Crippen LogP contribution in [0.5, 0.6) is 0 Å². The minimum absolute atomic E-state index is 0.0350. The van der Waals surface area contributed by atoms with Gasteiger partial charge in [-0.3, -0.25) is 14.4 Å². The quantitative estimate of drug-likeness (QED) is 0.286. The average Bonchev–Trinajstić information content (AvgIpc) is 3.17. The van der Waals surface area contributed by atoms with Crippen molar-refractivity contribution in [2.75, 3.05) is 6.54 Å². The molecule has 2 atom stereocenters. The summed E-state index contributed by atoms with van der Waals surface area (Å²) in [7, 11) is -3.99. The lowest BCUT2D eigenvalue weighted by molar-refractivity contribution is -0.141. The fourth-order valence-corrected chi connectivity index (χ4v) is 6.73. The summed E-state index contributed by atoms with van der Waals surface area (Å²) >= 11 is 12.4. The molecule has 0 aliphatic carbocycles. The largest absolute Gasteiger partial charge is 0.352 e. The minimum atomic E-state index is -3.99. The maximum Gasteiger partial charge on any atom is 0.269 e. The van der Waals surface area contributed by atoms with Crippen molar-refractivity contribution in [2.45, 2.75) is 63.1 Å². The molecule has 4 rings (SSSR count). The Morgan fingerprint density at radius 1 is 0.952 bits per heavy atom. The molecule has 222 valence electrons. The highest BCUT2D eigenvalue weighted by atomic mass is 35.5. The van der Waals surface area contributed by atoms with Gasteiger partial charge in [0.1, 0.15) is 10.9 Å². The average molecular weight is 631 g/mol. The number of halogens is 2. The number of nitrogens with zero attached hydrogens (tertiary/aromatic N) is 2. The standard InChI is InChI=1S/C31H33Cl2N3O5S/c1-3-21(2)34-30(38)27(19-22-10-5-4-6-11-22)35(20-23-15-16-25(32)26(33)18-23)29(37)14-9-17-36-31(39)24-12-7-8-13-28(24)42(36,40)41/h4-8,10-13,15-16,18,21,27H,3,9,14,17,19-20H2,1-2H3,(H,34,38)/t21-,27+/m0/s1. The molecule has 3 aromatic rings. The van der Waals surface area contributed by atoms with E-state index >= 15 is 0 Å². The van der Waals surface area contributed by atoms with E-state index in [0.29, 0.717) is 22.0 Å². The molecule has 0 saturated carbocycles. The zero-order chi connectivity index (χ0) is 30.4. The Labute approximate surface area is 256 Å². The van der Waals surface area contributed by atoms with Gasteiger partial charge in [-0.2, -0.15) is 0 Å². The molecule has 0 saturated heterocycles. The maximum absolute atomic E-state index is 13.9. The Kier molecular flexibility index (Phi) is 10.3. The van der Waals surface area contributed by atoms with Crippen molar-refractivity contribution in [1.82, 2.24) is 14.5 Å². The van der Waals surface area contributed by atoms with E-state index in [1.54, 1.807) is 30.3 Å². The van der Waals surface area contributed by atoms with E-state index in [0.717, 1.165) is 9.87 Å². The summed E-state index contributed by atoms with van der Waals surface area (Å²) in [5, 5.41) is 3.70. The summed E-state index contributed by atoms with van der Waals surface area (Å²) in [6.07, 6.45) is 0.981. The smallest absolute Gasteiger partial charge is 0.269 e. The van der Waals surface area contributed by atoms with Crippen molar-refractivity contribution in [3.8, 4) is 0 Å². The third-order valence-electron chi connectivity index (χ3n) is 7.27. The van der Waals surface area contributed by atoms with Crippen LogP contribution in [0.3, 0.4) is 0 Å². The molecule has 0 fully saturated rings. The number of amides is 3. The van der Waals surface area contributed by atoms with Crippen LogP contribution in [0.4, 0.5) is 0 Å². The second-order valence-corrected chi connectivity index (χ2v) is 12.9. The van der Waals surface area contributed by atoms with E-state index in [1.165, 1.54) is 17.0 Å². The Morgan fingerprint density at radius 3 is 2.31 bits per heavy atom. The molecule has 0 aromatic heterocycles. The van der Waals surface area contributed by atoms with Gasteiger partial charge in [0.2, 0.25) is 11.8 Å². The lowest BCUT2D eigenvalue weighted by Gasteiger charge is -2.32. The molecule has 8 nitrogen and oxygen atoms in total. The van der Waals surface area contributed by atoms with Crippen molar-refractivity contribution in [2.24, 2.45) is 0 Å². The van der Waals surface area contributed by atoms with E-state index in [1.807, 2.05) is 44.2 Å². The predicted molar refractivity (Wildman–Crippen MR) is 163 cm³/mol. The van der Waals surface area contributed by atoms with Crippen molar-refractivity contribution in [1.29, 1.82) is 0 Å². The molecule has 11 heteroatoms. The summed E-state index contributed by atoms with van der Waals surface area (Å²) in [5.74, 6) is -1.27. The third kappa shape index (κ3) is 7.14. The molecule has 1 aliphatic heterocycles. The van der Waals surface area contributed by atoms with Gasteiger partial charge < -0.3 is 10.2 Å². The zero-order valence-electron chi connectivity index (χ0n) is 23.4. The van der Waals surface area contributed by atoms with Gasteiger partial charge in [0.25, 0.3) is 15.9 Å².